The van der Waals surface area contributed by atoms with E-state index in [1.54, 1.807) is 0 Å². The fraction of sp³-hybridized carbons (Fsp3) is 0.462. The SMILES string of the molecule is CCCC1Nc2cc(C)c(C)cc2NC1=O. The van der Waals surface area contributed by atoms with E-state index in [-0.39, 0.29) is 11.9 Å². The van der Waals surface area contributed by atoms with Gasteiger partial charge in [0.05, 0.1) is 11.4 Å². The van der Waals surface area contributed by atoms with Crippen molar-refractivity contribution in [2.24, 2.45) is 0 Å². The summed E-state index contributed by atoms with van der Waals surface area (Å²) in [7, 11) is 0. The lowest BCUT2D eigenvalue weighted by molar-refractivity contribution is -0.117. The van der Waals surface area contributed by atoms with Crippen LogP contribution in [0.5, 0.6) is 0 Å². The number of carbonyl (C=O) groups is 1. The molecule has 1 aromatic rings. The highest BCUT2D eigenvalue weighted by atomic mass is 16.2. The first-order chi connectivity index (χ1) is 7.61. The molecule has 1 atom stereocenters. The van der Waals surface area contributed by atoms with Crippen molar-refractivity contribution in [2.75, 3.05) is 10.6 Å². The molecular formula is C13H18N2O. The number of benzene rings is 1. The first-order valence-electron chi connectivity index (χ1n) is 5.80. The van der Waals surface area contributed by atoms with Gasteiger partial charge in [-0.1, -0.05) is 13.3 Å². The standard InChI is InChI=1S/C13H18N2O/c1-4-5-10-13(16)15-12-7-9(3)8(2)6-11(12)14-10/h6-7,10,14H,4-5H2,1-3H3,(H,15,16). The Morgan fingerprint density at radius 2 is 1.81 bits per heavy atom. The van der Waals surface area contributed by atoms with Gasteiger partial charge in [0.25, 0.3) is 0 Å². The third-order valence-electron chi connectivity index (χ3n) is 3.12. The highest BCUT2D eigenvalue weighted by Crippen LogP contribution is 2.30. The maximum absolute atomic E-state index is 11.8. The lowest BCUT2D eigenvalue weighted by Crippen LogP contribution is -2.38. The van der Waals surface area contributed by atoms with Crippen LogP contribution >= 0.6 is 0 Å². The zero-order chi connectivity index (χ0) is 11.7. The van der Waals surface area contributed by atoms with E-state index in [1.165, 1.54) is 11.1 Å². The van der Waals surface area contributed by atoms with Crippen molar-refractivity contribution in [3.05, 3.63) is 23.3 Å². The van der Waals surface area contributed by atoms with Crippen LogP contribution in [0.2, 0.25) is 0 Å². The van der Waals surface area contributed by atoms with Crippen LogP contribution in [-0.4, -0.2) is 11.9 Å². The van der Waals surface area contributed by atoms with Crippen LogP contribution in [0.3, 0.4) is 0 Å². The third-order valence-corrected chi connectivity index (χ3v) is 3.12. The minimum Gasteiger partial charge on any atom is -0.372 e. The van der Waals surface area contributed by atoms with E-state index in [4.69, 9.17) is 0 Å². The molecule has 1 heterocycles. The molecule has 86 valence electrons. The summed E-state index contributed by atoms with van der Waals surface area (Å²) in [5.74, 6) is 0.0811. The Labute approximate surface area is 96.2 Å². The molecule has 1 aliphatic heterocycles. The summed E-state index contributed by atoms with van der Waals surface area (Å²) in [5, 5.41) is 6.27. The highest BCUT2D eigenvalue weighted by molar-refractivity contribution is 6.03. The molecule has 0 fully saturated rings. The van der Waals surface area contributed by atoms with Gasteiger partial charge in [-0.2, -0.15) is 0 Å². The molecule has 0 aromatic heterocycles. The largest absolute Gasteiger partial charge is 0.372 e. The average Bonchev–Trinajstić information content (AvgIpc) is 2.23. The van der Waals surface area contributed by atoms with Crippen molar-refractivity contribution in [2.45, 2.75) is 39.7 Å². The van der Waals surface area contributed by atoms with Crippen LogP contribution in [-0.2, 0) is 4.79 Å². The predicted octanol–water partition coefficient (Wildman–Crippen LogP) is 2.84. The third kappa shape index (κ3) is 1.90. The molecule has 2 rings (SSSR count). The summed E-state index contributed by atoms with van der Waals surface area (Å²) in [6.07, 6.45) is 1.88. The molecular weight excluding hydrogens is 200 g/mol. The van der Waals surface area contributed by atoms with Crippen LogP contribution in [0.4, 0.5) is 11.4 Å². The molecule has 0 saturated heterocycles. The number of nitrogens with one attached hydrogen (secondary N) is 2. The number of carbonyl (C=O) groups excluding carboxylic acids is 1. The van der Waals surface area contributed by atoms with Crippen molar-refractivity contribution in [1.82, 2.24) is 0 Å². The van der Waals surface area contributed by atoms with E-state index < -0.39 is 0 Å². The van der Waals surface area contributed by atoms with Crippen LogP contribution in [0.1, 0.15) is 30.9 Å². The number of fused-ring (bicyclic) bond motifs is 1. The Morgan fingerprint density at radius 1 is 1.19 bits per heavy atom. The van der Waals surface area contributed by atoms with E-state index in [2.05, 4.69) is 37.5 Å². The van der Waals surface area contributed by atoms with Crippen LogP contribution in [0.15, 0.2) is 12.1 Å². The molecule has 3 heteroatoms. The zero-order valence-electron chi connectivity index (χ0n) is 10.1. The van der Waals surface area contributed by atoms with Crippen molar-refractivity contribution in [3.63, 3.8) is 0 Å². The fourth-order valence-electron chi connectivity index (χ4n) is 2.00. The Kier molecular flexibility index (Phi) is 2.86. The van der Waals surface area contributed by atoms with Gasteiger partial charge in [0.15, 0.2) is 0 Å². The van der Waals surface area contributed by atoms with Gasteiger partial charge in [-0.05, 0) is 43.5 Å². The average molecular weight is 218 g/mol. The van der Waals surface area contributed by atoms with Gasteiger partial charge in [0.1, 0.15) is 6.04 Å². The number of hydrogen-bond acceptors (Lipinski definition) is 2. The Balaban J connectivity index is 2.32. The van der Waals surface area contributed by atoms with Crippen LogP contribution < -0.4 is 10.6 Å². The summed E-state index contributed by atoms with van der Waals surface area (Å²) in [5.41, 5.74) is 4.40. The predicted molar refractivity (Wildman–Crippen MR) is 66.9 cm³/mol. The molecule has 3 nitrogen and oxygen atoms in total. The minimum absolute atomic E-state index is 0.0811. The second kappa shape index (κ2) is 4.16. The maximum Gasteiger partial charge on any atom is 0.246 e. The van der Waals surface area contributed by atoms with Gasteiger partial charge in [-0.3, -0.25) is 4.79 Å². The zero-order valence-corrected chi connectivity index (χ0v) is 10.1. The van der Waals surface area contributed by atoms with Gasteiger partial charge in [-0.25, -0.2) is 0 Å². The Bertz CT molecular complexity index is 426. The van der Waals surface area contributed by atoms with Gasteiger partial charge in [-0.15, -0.1) is 0 Å². The monoisotopic (exact) mass is 218 g/mol. The quantitative estimate of drug-likeness (QED) is 0.801. The Morgan fingerprint density at radius 3 is 2.44 bits per heavy atom. The number of rotatable bonds is 2. The normalized spacial score (nSPS) is 18.7. The number of aryl methyl sites for hydroxylation is 2. The van der Waals surface area contributed by atoms with Gasteiger partial charge in [0, 0.05) is 0 Å². The summed E-state index contributed by atoms with van der Waals surface area (Å²) < 4.78 is 0. The van der Waals surface area contributed by atoms with Gasteiger partial charge >= 0.3 is 0 Å². The number of anilines is 2. The minimum atomic E-state index is -0.0837. The van der Waals surface area contributed by atoms with E-state index in [9.17, 15) is 4.79 Å². The first-order valence-corrected chi connectivity index (χ1v) is 5.80. The van der Waals surface area contributed by atoms with E-state index in [0.717, 1.165) is 24.2 Å². The maximum atomic E-state index is 11.8. The molecule has 2 N–H and O–H groups in total. The van der Waals surface area contributed by atoms with Gasteiger partial charge in [0.2, 0.25) is 5.91 Å². The molecule has 1 amide bonds. The van der Waals surface area contributed by atoms with E-state index in [1.807, 2.05) is 6.07 Å². The number of hydrogen-bond donors (Lipinski definition) is 2. The molecule has 0 saturated carbocycles. The van der Waals surface area contributed by atoms with Gasteiger partial charge < -0.3 is 10.6 Å². The highest BCUT2D eigenvalue weighted by Gasteiger charge is 2.24. The molecule has 1 aliphatic rings. The summed E-state index contributed by atoms with van der Waals surface area (Å²) in [4.78, 5) is 11.8. The molecule has 0 bridgehead atoms. The lowest BCUT2D eigenvalue weighted by Gasteiger charge is -2.27. The fourth-order valence-corrected chi connectivity index (χ4v) is 2.00. The molecule has 0 spiro atoms. The Hall–Kier alpha value is -1.51. The molecule has 0 radical (unpaired) electrons. The van der Waals surface area contributed by atoms with Crippen molar-refractivity contribution < 1.29 is 4.79 Å². The second-order valence-corrected chi connectivity index (χ2v) is 4.46. The van der Waals surface area contributed by atoms with E-state index >= 15 is 0 Å². The summed E-state index contributed by atoms with van der Waals surface area (Å²) >= 11 is 0. The smallest absolute Gasteiger partial charge is 0.246 e. The molecule has 0 aliphatic carbocycles. The molecule has 16 heavy (non-hydrogen) atoms. The summed E-state index contributed by atoms with van der Waals surface area (Å²) in [6.45, 7) is 6.23. The van der Waals surface area contributed by atoms with Crippen LogP contribution in [0.25, 0.3) is 0 Å². The molecule has 1 unspecified atom stereocenters. The van der Waals surface area contributed by atoms with Crippen molar-refractivity contribution in [3.8, 4) is 0 Å². The lowest BCUT2D eigenvalue weighted by atomic mass is 10.0. The number of amides is 1. The first kappa shape index (κ1) is 11.0. The van der Waals surface area contributed by atoms with Crippen molar-refractivity contribution in [1.29, 1.82) is 0 Å². The second-order valence-electron chi connectivity index (χ2n) is 4.46. The van der Waals surface area contributed by atoms with Crippen LogP contribution in [0, 0.1) is 13.8 Å². The topological polar surface area (TPSA) is 41.1 Å². The van der Waals surface area contributed by atoms with E-state index in [0.29, 0.717) is 0 Å². The molecule has 1 aromatic carbocycles. The summed E-state index contributed by atoms with van der Waals surface area (Å²) in [6, 6.07) is 4.05. The van der Waals surface area contributed by atoms with Crippen molar-refractivity contribution >= 4 is 17.3 Å².